The number of carbonyl (C=O) groups is 2. The Bertz CT molecular complexity index is 978. The maximum atomic E-state index is 14.0. The van der Waals surface area contributed by atoms with Crippen molar-refractivity contribution in [3.8, 4) is 11.5 Å². The van der Waals surface area contributed by atoms with Gasteiger partial charge < -0.3 is 9.84 Å². The SMILES string of the molecule is CCOc1cc(C=C2SC(=O)N(Cc3c(F)cccc3Cl)C2=O)c(Br)cc1O. The quantitative estimate of drug-likeness (QED) is 0.559. The fourth-order valence-corrected chi connectivity index (χ4v) is 4.06. The van der Waals surface area contributed by atoms with Crippen LogP contribution in [0.4, 0.5) is 9.18 Å². The molecule has 0 spiro atoms. The van der Waals surface area contributed by atoms with Gasteiger partial charge in [-0.25, -0.2) is 4.39 Å². The highest BCUT2D eigenvalue weighted by Crippen LogP contribution is 2.38. The summed E-state index contributed by atoms with van der Waals surface area (Å²) in [6.07, 6.45) is 1.51. The molecule has 2 aromatic carbocycles. The predicted molar refractivity (Wildman–Crippen MR) is 110 cm³/mol. The lowest BCUT2D eigenvalue weighted by atomic mass is 10.1. The molecule has 2 aromatic rings. The Morgan fingerprint density at radius 3 is 2.79 bits per heavy atom. The van der Waals surface area contributed by atoms with Crippen LogP contribution in [-0.4, -0.2) is 27.8 Å². The second-order valence-corrected chi connectivity index (χ2v) is 8.00. The van der Waals surface area contributed by atoms with Gasteiger partial charge in [-0.05, 0) is 54.6 Å². The van der Waals surface area contributed by atoms with Gasteiger partial charge in [0.1, 0.15) is 5.82 Å². The molecule has 0 aromatic heterocycles. The summed E-state index contributed by atoms with van der Waals surface area (Å²) in [5.41, 5.74) is 0.632. The van der Waals surface area contributed by atoms with Gasteiger partial charge >= 0.3 is 0 Å². The fraction of sp³-hybridized carbons (Fsp3) is 0.158. The third kappa shape index (κ3) is 4.19. The normalized spacial score (nSPS) is 15.6. The molecule has 1 fully saturated rings. The first kappa shape index (κ1) is 20.7. The maximum absolute atomic E-state index is 14.0. The van der Waals surface area contributed by atoms with E-state index < -0.39 is 17.0 Å². The molecule has 0 bridgehead atoms. The Morgan fingerprint density at radius 1 is 1.36 bits per heavy atom. The van der Waals surface area contributed by atoms with Crippen molar-refractivity contribution in [3.05, 3.63) is 61.7 Å². The van der Waals surface area contributed by atoms with Gasteiger partial charge in [0, 0.05) is 15.1 Å². The van der Waals surface area contributed by atoms with E-state index in [1.165, 1.54) is 30.3 Å². The Balaban J connectivity index is 1.90. The minimum absolute atomic E-state index is 0.0480. The van der Waals surface area contributed by atoms with Crippen LogP contribution in [0.25, 0.3) is 6.08 Å². The summed E-state index contributed by atoms with van der Waals surface area (Å²) < 4.78 is 19.9. The predicted octanol–water partition coefficient (Wildman–Crippen LogP) is 5.58. The average molecular weight is 487 g/mol. The molecular weight excluding hydrogens is 473 g/mol. The summed E-state index contributed by atoms with van der Waals surface area (Å²) in [7, 11) is 0. The van der Waals surface area contributed by atoms with E-state index in [0.29, 0.717) is 16.6 Å². The van der Waals surface area contributed by atoms with E-state index >= 15 is 0 Å². The number of phenolic OH excluding ortho intramolecular Hbond substituents is 1. The highest BCUT2D eigenvalue weighted by Gasteiger charge is 2.36. The third-order valence-corrected chi connectivity index (χ3v) is 5.86. The van der Waals surface area contributed by atoms with Crippen molar-refractivity contribution in [2.75, 3.05) is 6.61 Å². The van der Waals surface area contributed by atoms with Gasteiger partial charge in [-0.2, -0.15) is 0 Å². The zero-order chi connectivity index (χ0) is 20.4. The molecule has 0 unspecified atom stereocenters. The minimum atomic E-state index is -0.585. The van der Waals surface area contributed by atoms with E-state index in [4.69, 9.17) is 16.3 Å². The number of thioether (sulfide) groups is 1. The van der Waals surface area contributed by atoms with Crippen molar-refractivity contribution < 1.29 is 23.8 Å². The largest absolute Gasteiger partial charge is 0.504 e. The Hall–Kier alpha value is -2.03. The first-order valence-corrected chi connectivity index (χ1v) is 10.1. The summed E-state index contributed by atoms with van der Waals surface area (Å²) in [5.74, 6) is -0.923. The van der Waals surface area contributed by atoms with Gasteiger partial charge in [0.05, 0.1) is 18.1 Å². The molecule has 28 heavy (non-hydrogen) atoms. The molecular formula is C19H14BrClFNO4S. The average Bonchev–Trinajstić information content (AvgIpc) is 2.89. The van der Waals surface area contributed by atoms with E-state index in [-0.39, 0.29) is 33.5 Å². The van der Waals surface area contributed by atoms with Crippen LogP contribution >= 0.6 is 39.3 Å². The third-order valence-electron chi connectivity index (χ3n) is 3.92. The van der Waals surface area contributed by atoms with Gasteiger partial charge in [-0.15, -0.1) is 0 Å². The standard InChI is InChI=1S/C19H14BrClFNO4S/c1-2-27-16-6-10(12(20)8-15(16)24)7-17-18(25)23(19(26)28-17)9-11-13(21)4-3-5-14(11)22/h3-8,24H,2,9H2,1H3. The van der Waals surface area contributed by atoms with Crippen LogP contribution in [-0.2, 0) is 11.3 Å². The summed E-state index contributed by atoms with van der Waals surface area (Å²) in [4.78, 5) is 26.1. The number of ether oxygens (including phenoxy) is 1. The van der Waals surface area contributed by atoms with E-state index in [1.54, 1.807) is 13.0 Å². The number of phenols is 1. The topological polar surface area (TPSA) is 66.8 Å². The maximum Gasteiger partial charge on any atom is 0.293 e. The lowest BCUT2D eigenvalue weighted by Gasteiger charge is -2.14. The van der Waals surface area contributed by atoms with Crippen molar-refractivity contribution in [2.45, 2.75) is 13.5 Å². The molecule has 5 nitrogen and oxygen atoms in total. The molecule has 1 aliphatic heterocycles. The molecule has 0 saturated carbocycles. The lowest BCUT2D eigenvalue weighted by Crippen LogP contribution is -2.28. The van der Waals surface area contributed by atoms with Crippen molar-refractivity contribution in [2.24, 2.45) is 0 Å². The number of benzene rings is 2. The monoisotopic (exact) mass is 485 g/mol. The molecule has 9 heteroatoms. The Labute approximate surface area is 178 Å². The number of aromatic hydroxyl groups is 1. The van der Waals surface area contributed by atoms with Gasteiger partial charge in [0.2, 0.25) is 0 Å². The van der Waals surface area contributed by atoms with E-state index in [1.807, 2.05) is 0 Å². The van der Waals surface area contributed by atoms with Gasteiger partial charge in [0.25, 0.3) is 11.1 Å². The van der Waals surface area contributed by atoms with Gasteiger partial charge in [-0.1, -0.05) is 33.6 Å². The zero-order valence-corrected chi connectivity index (χ0v) is 17.7. The molecule has 0 radical (unpaired) electrons. The summed E-state index contributed by atoms with van der Waals surface area (Å²) in [6, 6.07) is 7.18. The summed E-state index contributed by atoms with van der Waals surface area (Å²) in [6.45, 7) is 1.88. The molecule has 0 aliphatic carbocycles. The van der Waals surface area contributed by atoms with Crippen molar-refractivity contribution in [1.82, 2.24) is 4.90 Å². The van der Waals surface area contributed by atoms with Gasteiger partial charge in [-0.3, -0.25) is 14.5 Å². The van der Waals surface area contributed by atoms with Crippen molar-refractivity contribution >= 4 is 56.5 Å². The highest BCUT2D eigenvalue weighted by atomic mass is 79.9. The number of amides is 2. The van der Waals surface area contributed by atoms with Gasteiger partial charge in [0.15, 0.2) is 11.5 Å². The van der Waals surface area contributed by atoms with Crippen LogP contribution in [0.5, 0.6) is 11.5 Å². The Kier molecular flexibility index (Phi) is 6.32. The molecule has 2 amide bonds. The number of imide groups is 1. The molecule has 0 atom stereocenters. The van der Waals surface area contributed by atoms with Crippen LogP contribution < -0.4 is 4.74 Å². The molecule has 146 valence electrons. The van der Waals surface area contributed by atoms with E-state index in [2.05, 4.69) is 15.9 Å². The second kappa shape index (κ2) is 8.55. The minimum Gasteiger partial charge on any atom is -0.504 e. The first-order chi connectivity index (χ1) is 13.3. The number of rotatable bonds is 5. The van der Waals surface area contributed by atoms with Crippen LogP contribution in [0, 0.1) is 5.82 Å². The number of hydrogen-bond acceptors (Lipinski definition) is 5. The van der Waals surface area contributed by atoms with Crippen LogP contribution in [0.3, 0.4) is 0 Å². The van der Waals surface area contributed by atoms with E-state index in [0.717, 1.165) is 16.7 Å². The van der Waals surface area contributed by atoms with Crippen molar-refractivity contribution in [1.29, 1.82) is 0 Å². The number of carbonyl (C=O) groups excluding carboxylic acids is 2. The molecule has 3 rings (SSSR count). The zero-order valence-electron chi connectivity index (χ0n) is 14.5. The molecule has 1 saturated heterocycles. The van der Waals surface area contributed by atoms with Crippen LogP contribution in [0.2, 0.25) is 5.02 Å². The molecule has 1 N–H and O–H groups in total. The summed E-state index contributed by atoms with van der Waals surface area (Å²) in [5, 5.41) is 9.53. The first-order valence-electron chi connectivity index (χ1n) is 8.15. The molecule has 1 aliphatic rings. The Morgan fingerprint density at radius 2 is 2.11 bits per heavy atom. The smallest absolute Gasteiger partial charge is 0.293 e. The number of halogens is 3. The van der Waals surface area contributed by atoms with E-state index in [9.17, 15) is 19.1 Å². The number of hydrogen-bond donors (Lipinski definition) is 1. The molecule has 1 heterocycles. The summed E-state index contributed by atoms with van der Waals surface area (Å²) >= 11 is 10.1. The number of nitrogens with zero attached hydrogens (tertiary/aromatic N) is 1. The van der Waals surface area contributed by atoms with Crippen molar-refractivity contribution in [3.63, 3.8) is 0 Å². The van der Waals surface area contributed by atoms with Crippen LogP contribution in [0.15, 0.2) is 39.7 Å². The lowest BCUT2D eigenvalue weighted by molar-refractivity contribution is -0.123. The fourth-order valence-electron chi connectivity index (χ4n) is 2.56. The highest BCUT2D eigenvalue weighted by molar-refractivity contribution is 9.10. The second-order valence-electron chi connectivity index (χ2n) is 5.74. The van der Waals surface area contributed by atoms with Crippen LogP contribution in [0.1, 0.15) is 18.1 Å².